The number of benzene rings is 3. The number of esters is 3. The molecule has 13 nitrogen and oxygen atoms in total. The molecule has 3 heterocycles. The van der Waals surface area contributed by atoms with Crippen LogP contribution >= 0.6 is 0 Å². The van der Waals surface area contributed by atoms with E-state index in [1.165, 1.54) is 24.5 Å². The van der Waals surface area contributed by atoms with Crippen molar-refractivity contribution in [1.29, 1.82) is 0 Å². The highest BCUT2D eigenvalue weighted by Gasteiger charge is 2.81. The number of carbonyl (C=O) groups excluding carboxylic acids is 3. The molecule has 0 spiro atoms. The third kappa shape index (κ3) is 6.09. The van der Waals surface area contributed by atoms with Gasteiger partial charge in [0.15, 0.2) is 12.2 Å². The van der Waals surface area contributed by atoms with E-state index in [4.69, 9.17) is 33.2 Å². The van der Waals surface area contributed by atoms with Gasteiger partial charge in [-0.25, -0.2) is 14.4 Å². The fourth-order valence-corrected chi connectivity index (χ4v) is 6.74. The first-order chi connectivity index (χ1) is 23.6. The van der Waals surface area contributed by atoms with Gasteiger partial charge < -0.3 is 48.5 Å². The molecule has 3 N–H and O–H groups in total. The first-order valence-corrected chi connectivity index (χ1v) is 15.7. The average Bonchev–Trinajstić information content (AvgIpc) is 3.75. The molecule has 4 aliphatic rings. The predicted molar refractivity (Wildman–Crippen MR) is 166 cm³/mol. The van der Waals surface area contributed by atoms with Crippen molar-refractivity contribution in [3.8, 4) is 0 Å². The van der Waals surface area contributed by atoms with Crippen LogP contribution in [0.25, 0.3) is 0 Å². The molecule has 11 atom stereocenters. The third-order valence-electron chi connectivity index (χ3n) is 9.35. The van der Waals surface area contributed by atoms with Gasteiger partial charge in [0, 0.05) is 0 Å². The third-order valence-corrected chi connectivity index (χ3v) is 9.35. The zero-order chi connectivity index (χ0) is 34.3. The highest BCUT2D eigenvalue weighted by atomic mass is 16.8. The summed E-state index contributed by atoms with van der Waals surface area (Å²) < 4.78 is 40.8. The first-order valence-electron chi connectivity index (χ1n) is 15.7. The monoisotopic (exact) mass is 674 g/mol. The Morgan fingerprint density at radius 1 is 0.755 bits per heavy atom. The van der Waals surface area contributed by atoms with Crippen molar-refractivity contribution in [3.63, 3.8) is 0 Å². The molecule has 7 rings (SSSR count). The summed E-state index contributed by atoms with van der Waals surface area (Å²) in [4.78, 5) is 38.8. The number of hydrogen-bond donors (Lipinski definition) is 3. The Labute approximate surface area is 280 Å². The largest absolute Gasteiger partial charge is 0.472 e. The number of epoxide rings is 1. The predicted octanol–water partition coefficient (Wildman–Crippen LogP) is 2.15. The summed E-state index contributed by atoms with van der Waals surface area (Å²) in [5, 5.41) is 34.3. The van der Waals surface area contributed by atoms with Crippen LogP contribution in [0, 0.1) is 5.92 Å². The van der Waals surface area contributed by atoms with Gasteiger partial charge in [-0.1, -0.05) is 54.6 Å². The number of hydrogen-bond acceptors (Lipinski definition) is 13. The SMILES string of the molecule is C[C@]12O[C@H]1[C@@H](OC(=O)c1ccccc1)[C@]1(O)C=CO[C@@H](O[C@@H]3O[C@H](COC(=O)c4ccccc4)[C@@H](O)[C@H](O)[C@H]3OC(=O)c3ccccc3)C12. The molecule has 1 unspecified atom stereocenters. The van der Waals surface area contributed by atoms with E-state index in [1.807, 2.05) is 0 Å². The lowest BCUT2D eigenvalue weighted by Crippen LogP contribution is -2.63. The molecular formula is C36H34O13. The molecule has 0 radical (unpaired) electrons. The fraction of sp³-hybridized carbons (Fsp3) is 0.361. The summed E-state index contributed by atoms with van der Waals surface area (Å²) in [6.45, 7) is 1.21. The van der Waals surface area contributed by atoms with E-state index < -0.39 is 90.8 Å². The van der Waals surface area contributed by atoms with E-state index >= 15 is 0 Å². The highest BCUT2D eigenvalue weighted by molar-refractivity contribution is 5.90. The number of aliphatic hydroxyl groups is 3. The summed E-state index contributed by atoms with van der Waals surface area (Å²) >= 11 is 0. The minimum atomic E-state index is -1.82. The Morgan fingerprint density at radius 3 is 1.90 bits per heavy atom. The average molecular weight is 675 g/mol. The van der Waals surface area contributed by atoms with Crippen LogP contribution in [0.4, 0.5) is 0 Å². The number of ether oxygens (including phenoxy) is 7. The molecule has 3 fully saturated rings. The second-order valence-electron chi connectivity index (χ2n) is 12.4. The lowest BCUT2D eigenvalue weighted by atomic mass is 9.82. The highest BCUT2D eigenvalue weighted by Crippen LogP contribution is 2.62. The van der Waals surface area contributed by atoms with Gasteiger partial charge in [-0.05, 0) is 49.4 Å². The molecule has 256 valence electrons. The van der Waals surface area contributed by atoms with E-state index in [0.717, 1.165) is 0 Å². The summed E-state index contributed by atoms with van der Waals surface area (Å²) in [6.07, 6.45) is -8.66. The van der Waals surface area contributed by atoms with Gasteiger partial charge >= 0.3 is 17.9 Å². The first kappa shape index (κ1) is 32.9. The van der Waals surface area contributed by atoms with Gasteiger partial charge in [0.1, 0.15) is 42.2 Å². The molecule has 3 aromatic carbocycles. The second-order valence-corrected chi connectivity index (χ2v) is 12.4. The van der Waals surface area contributed by atoms with E-state index in [2.05, 4.69) is 0 Å². The maximum absolute atomic E-state index is 13.1. The summed E-state index contributed by atoms with van der Waals surface area (Å²) in [6, 6.07) is 24.4. The smallest absolute Gasteiger partial charge is 0.338 e. The Hall–Kier alpha value is -4.63. The van der Waals surface area contributed by atoms with Crippen molar-refractivity contribution in [1.82, 2.24) is 0 Å². The van der Waals surface area contributed by atoms with Crippen LogP contribution in [0.3, 0.4) is 0 Å². The van der Waals surface area contributed by atoms with Crippen molar-refractivity contribution >= 4 is 17.9 Å². The van der Waals surface area contributed by atoms with E-state index in [1.54, 1.807) is 85.8 Å². The second kappa shape index (κ2) is 13.0. The molecule has 3 aromatic rings. The standard InChI is InChI=1S/C36H34O13/c1-35-27-34(43-18-17-36(27,42)29(28(35)49-35)47-32(41)22-15-9-4-10-16-22)48-33-26(46-31(40)21-13-7-3-8-14-21)25(38)24(37)23(45-33)19-44-30(39)20-11-5-2-6-12-20/h2-18,23-29,33-34,37-38,42H,19H2,1H3/t23-,24-,25+,26-,27?,28+,29-,33+,34+,35-,36+/m1/s1. The summed E-state index contributed by atoms with van der Waals surface area (Å²) in [5.41, 5.74) is -2.20. The lowest BCUT2D eigenvalue weighted by molar-refractivity contribution is -0.348. The molecule has 3 aliphatic heterocycles. The minimum Gasteiger partial charge on any atom is -0.472 e. The number of fused-ring (bicyclic) bond motifs is 3. The molecule has 0 bridgehead atoms. The maximum Gasteiger partial charge on any atom is 0.338 e. The zero-order valence-electron chi connectivity index (χ0n) is 26.1. The van der Waals surface area contributed by atoms with Crippen molar-refractivity contribution in [2.45, 2.75) is 67.3 Å². The Balaban J connectivity index is 1.13. The molecule has 13 heteroatoms. The van der Waals surface area contributed by atoms with Crippen LogP contribution in [0.5, 0.6) is 0 Å². The van der Waals surface area contributed by atoms with Gasteiger partial charge in [-0.3, -0.25) is 0 Å². The molecule has 1 aliphatic carbocycles. The van der Waals surface area contributed by atoms with Crippen LogP contribution < -0.4 is 0 Å². The number of carbonyl (C=O) groups is 3. The Bertz CT molecular complexity index is 1700. The molecule has 0 amide bonds. The number of aliphatic hydroxyl groups excluding tert-OH is 2. The van der Waals surface area contributed by atoms with Crippen LogP contribution in [0.15, 0.2) is 103 Å². The van der Waals surface area contributed by atoms with Crippen LogP contribution in [-0.2, 0) is 33.2 Å². The summed E-state index contributed by atoms with van der Waals surface area (Å²) in [7, 11) is 0. The Kier molecular flexibility index (Phi) is 8.73. The van der Waals surface area contributed by atoms with Crippen LogP contribution in [0.1, 0.15) is 38.0 Å². The van der Waals surface area contributed by atoms with Gasteiger partial charge in [0.2, 0.25) is 12.6 Å². The Morgan fingerprint density at radius 2 is 1.31 bits per heavy atom. The van der Waals surface area contributed by atoms with Crippen LogP contribution in [-0.4, -0.2) is 100 Å². The quantitative estimate of drug-likeness (QED) is 0.171. The number of rotatable bonds is 9. The van der Waals surface area contributed by atoms with Gasteiger partial charge in [0.25, 0.3) is 0 Å². The molecule has 0 aromatic heterocycles. The van der Waals surface area contributed by atoms with Gasteiger partial charge in [-0.2, -0.15) is 0 Å². The van der Waals surface area contributed by atoms with E-state index in [0.29, 0.717) is 0 Å². The topological polar surface area (TPSA) is 180 Å². The normalized spacial score (nSPS) is 35.6. The maximum atomic E-state index is 13.1. The molecular weight excluding hydrogens is 640 g/mol. The fourth-order valence-electron chi connectivity index (χ4n) is 6.74. The van der Waals surface area contributed by atoms with Gasteiger partial charge in [0.05, 0.1) is 28.9 Å². The van der Waals surface area contributed by atoms with Crippen molar-refractivity contribution < 1.29 is 62.9 Å². The van der Waals surface area contributed by atoms with E-state index in [9.17, 15) is 29.7 Å². The van der Waals surface area contributed by atoms with Gasteiger partial charge in [-0.15, -0.1) is 0 Å². The van der Waals surface area contributed by atoms with E-state index in [-0.39, 0.29) is 16.7 Å². The van der Waals surface area contributed by atoms with Crippen molar-refractivity contribution in [2.24, 2.45) is 5.92 Å². The zero-order valence-corrected chi connectivity index (χ0v) is 26.1. The lowest BCUT2D eigenvalue weighted by Gasteiger charge is -2.46. The molecule has 49 heavy (non-hydrogen) atoms. The molecule has 1 saturated carbocycles. The van der Waals surface area contributed by atoms with Crippen molar-refractivity contribution in [2.75, 3.05) is 6.61 Å². The van der Waals surface area contributed by atoms with Crippen LogP contribution in [0.2, 0.25) is 0 Å². The molecule has 2 saturated heterocycles. The van der Waals surface area contributed by atoms with Crippen molar-refractivity contribution in [3.05, 3.63) is 120 Å². The summed E-state index contributed by atoms with van der Waals surface area (Å²) in [5.74, 6) is -3.20. The minimum absolute atomic E-state index is 0.161.